The topological polar surface area (TPSA) is 34.1 Å². The summed E-state index contributed by atoms with van der Waals surface area (Å²) < 4.78 is 0. The third kappa shape index (κ3) is 11.3. The zero-order valence-electron chi connectivity index (χ0n) is 32.5. The van der Waals surface area contributed by atoms with Crippen LogP contribution in [0.3, 0.4) is 0 Å². The molecule has 0 atom stereocenters. The fraction of sp³-hybridized carbons (Fsp3) is 0.522. The van der Waals surface area contributed by atoms with Gasteiger partial charge >= 0.3 is 0 Å². The van der Waals surface area contributed by atoms with Crippen LogP contribution in [0.15, 0.2) is 84.9 Å². The van der Waals surface area contributed by atoms with Crippen molar-refractivity contribution in [2.45, 2.75) is 119 Å². The number of carbonyl (C=O) groups excluding carboxylic acids is 2. The van der Waals surface area contributed by atoms with Crippen molar-refractivity contribution in [3.63, 3.8) is 0 Å². The van der Waals surface area contributed by atoms with Crippen molar-refractivity contribution in [2.24, 2.45) is 0 Å². The van der Waals surface area contributed by atoms with Crippen molar-refractivity contribution < 1.29 is 9.59 Å². The largest absolute Gasteiger partial charge is 0.289 e. The van der Waals surface area contributed by atoms with E-state index in [-0.39, 0.29) is 11.6 Å². The lowest BCUT2D eigenvalue weighted by atomic mass is 9.98. The fourth-order valence-corrected chi connectivity index (χ4v) is 18.3. The molecular formula is C46H68O2P2. The first kappa shape index (κ1) is 42.0. The quantitative estimate of drug-likeness (QED) is 0.0684. The molecule has 3 aromatic rings. The second-order valence-corrected chi connectivity index (χ2v) is 22.6. The van der Waals surface area contributed by atoms with Crippen LogP contribution >= 0.6 is 13.8 Å². The Morgan fingerprint density at radius 1 is 0.360 bits per heavy atom. The number of Topliss-reactive ketones (excluding diaryl/α,β-unsaturated/α-hetero) is 2. The summed E-state index contributed by atoms with van der Waals surface area (Å²) in [6, 6.07) is 29.0. The van der Waals surface area contributed by atoms with Crippen LogP contribution in [0.1, 0.15) is 150 Å². The molecule has 0 unspecified atom stereocenters. The molecule has 3 rings (SSSR count). The Labute approximate surface area is 307 Å². The molecule has 0 aromatic heterocycles. The highest BCUT2D eigenvalue weighted by Gasteiger charge is 2.31. The van der Waals surface area contributed by atoms with Gasteiger partial charge in [0.15, 0.2) is 11.6 Å². The second-order valence-electron chi connectivity index (χ2n) is 14.4. The maximum atomic E-state index is 14.8. The third-order valence-corrected chi connectivity index (χ3v) is 20.4. The molecule has 4 heteroatoms. The van der Waals surface area contributed by atoms with Crippen LogP contribution in [0.4, 0.5) is 0 Å². The molecule has 2 nitrogen and oxygen atoms in total. The van der Waals surface area contributed by atoms with E-state index in [9.17, 15) is 9.59 Å². The Morgan fingerprint density at radius 2 is 0.600 bits per heavy atom. The van der Waals surface area contributed by atoms with Crippen molar-refractivity contribution in [1.82, 2.24) is 0 Å². The number of hydrogen-bond donors (Lipinski definition) is 0. The smallest absolute Gasteiger partial charge is 0.193 e. The van der Waals surface area contributed by atoms with Gasteiger partial charge in [0.25, 0.3) is 0 Å². The minimum Gasteiger partial charge on any atom is -0.289 e. The van der Waals surface area contributed by atoms with E-state index in [4.69, 9.17) is 0 Å². The van der Waals surface area contributed by atoms with Gasteiger partial charge in [-0.15, -0.1) is 0 Å². The average Bonchev–Trinajstić information content (AvgIpc) is 3.16. The van der Waals surface area contributed by atoms with Gasteiger partial charge in [0.05, 0.1) is 0 Å². The van der Waals surface area contributed by atoms with E-state index in [1.807, 2.05) is 60.7 Å². The Bertz CT molecular complexity index is 1380. The lowest BCUT2D eigenvalue weighted by Gasteiger charge is -2.32. The Hall–Kier alpha value is -2.40. The summed E-state index contributed by atoms with van der Waals surface area (Å²) in [5.74, 6) is 0.436. The molecular weight excluding hydrogens is 646 g/mol. The molecule has 0 saturated carbocycles. The summed E-state index contributed by atoms with van der Waals surface area (Å²) >= 11 is 0. The van der Waals surface area contributed by atoms with Crippen molar-refractivity contribution in [3.8, 4) is 0 Å². The molecule has 0 bridgehead atoms. The molecule has 0 aliphatic heterocycles. The summed E-state index contributed by atoms with van der Waals surface area (Å²) in [6.45, 7) is 10.2. The number of ketones is 2. The SMILES string of the molecule is CCCCP(CCCC)(CCCC)=C(C(=O)c1ccccc1)c1ccc(C(C(=O)c2ccccc2)=P(CCCC)(CCCC)CCCC)cc1. The molecule has 3 aromatic carbocycles. The van der Waals surface area contributed by atoms with E-state index in [0.29, 0.717) is 0 Å². The van der Waals surface area contributed by atoms with E-state index < -0.39 is 13.8 Å². The monoisotopic (exact) mass is 714 g/mol. The van der Waals surface area contributed by atoms with Gasteiger partial charge < -0.3 is 0 Å². The van der Waals surface area contributed by atoms with Crippen molar-refractivity contribution in [2.75, 3.05) is 37.0 Å². The number of carbonyl (C=O) groups is 2. The van der Waals surface area contributed by atoms with Gasteiger partial charge in [0, 0.05) is 21.7 Å². The highest BCUT2D eigenvalue weighted by molar-refractivity contribution is 7.79. The highest BCUT2D eigenvalue weighted by atomic mass is 31.2. The lowest BCUT2D eigenvalue weighted by Crippen LogP contribution is -2.24. The van der Waals surface area contributed by atoms with Gasteiger partial charge in [0.2, 0.25) is 0 Å². The Balaban J connectivity index is 2.43. The van der Waals surface area contributed by atoms with Crippen LogP contribution in [0.5, 0.6) is 0 Å². The fourth-order valence-electron chi connectivity index (χ4n) is 7.59. The molecule has 50 heavy (non-hydrogen) atoms. The molecule has 0 spiro atoms. The predicted octanol–water partition coefficient (Wildman–Crippen LogP) is 13.3. The second kappa shape index (κ2) is 22.5. The number of rotatable bonds is 24. The van der Waals surface area contributed by atoms with Gasteiger partial charge in [0.1, 0.15) is 0 Å². The lowest BCUT2D eigenvalue weighted by molar-refractivity contribution is 0.106. The molecule has 0 fully saturated rings. The van der Waals surface area contributed by atoms with Gasteiger partial charge in [-0.3, -0.25) is 9.59 Å². The van der Waals surface area contributed by atoms with E-state index >= 15 is 0 Å². The standard InChI is InChI=1S/C46H68O2P2/c1-7-13-33-49(34-14-8-2,35-15-9-3)45(43(47)39-25-21-19-22-26-39)41-29-31-42(32-30-41)46(44(48)40-27-23-20-24-28-40)50(36-16-10-4,37-17-11-5)38-18-12-6/h19-32H,7-18,33-38H2,1-6H3. The normalized spacial score (nSPS) is 11.8. The van der Waals surface area contributed by atoms with Crippen LogP contribution in [0.2, 0.25) is 0 Å². The van der Waals surface area contributed by atoms with Crippen LogP contribution in [-0.2, 0) is 0 Å². The van der Waals surface area contributed by atoms with Crippen molar-refractivity contribution in [3.05, 3.63) is 107 Å². The molecule has 274 valence electrons. The minimum atomic E-state index is -1.78. The first-order valence-electron chi connectivity index (χ1n) is 20.1. The Morgan fingerprint density at radius 3 is 0.820 bits per heavy atom. The first-order valence-corrected chi connectivity index (χ1v) is 24.8. The summed E-state index contributed by atoms with van der Waals surface area (Å²) in [4.78, 5) is 29.7. The van der Waals surface area contributed by atoms with E-state index in [2.05, 4.69) is 65.8 Å². The maximum Gasteiger partial charge on any atom is 0.193 e. The number of hydrogen-bond acceptors (Lipinski definition) is 2. The molecule has 0 aliphatic rings. The molecule has 0 radical (unpaired) electrons. The average molecular weight is 715 g/mol. The number of unbranched alkanes of at least 4 members (excludes halogenated alkanes) is 6. The maximum absolute atomic E-state index is 14.8. The summed E-state index contributed by atoms with van der Waals surface area (Å²) in [5.41, 5.74) is 3.78. The highest BCUT2D eigenvalue weighted by Crippen LogP contribution is 2.55. The van der Waals surface area contributed by atoms with E-state index in [1.165, 1.54) is 0 Å². The van der Waals surface area contributed by atoms with Crippen LogP contribution in [0, 0.1) is 0 Å². The van der Waals surface area contributed by atoms with Crippen LogP contribution in [0.25, 0.3) is 0 Å². The van der Waals surface area contributed by atoms with Gasteiger partial charge in [-0.1, -0.05) is 179 Å². The third-order valence-electron chi connectivity index (χ3n) is 10.5. The molecule has 0 heterocycles. The van der Waals surface area contributed by atoms with E-state index in [0.717, 1.165) is 147 Å². The zero-order chi connectivity index (χ0) is 36.2. The predicted molar refractivity (Wildman–Crippen MR) is 229 cm³/mol. The summed E-state index contributed by atoms with van der Waals surface area (Å²) in [7, 11) is 0. The van der Waals surface area contributed by atoms with Crippen molar-refractivity contribution in [1.29, 1.82) is 0 Å². The minimum absolute atomic E-state index is 0.218. The first-order chi connectivity index (χ1) is 24.4. The number of benzene rings is 3. The molecule has 0 N–H and O–H groups in total. The van der Waals surface area contributed by atoms with Gasteiger partial charge in [-0.25, -0.2) is 0 Å². The van der Waals surface area contributed by atoms with Gasteiger partial charge in [-0.05, 0) is 86.6 Å². The van der Waals surface area contributed by atoms with Crippen LogP contribution < -0.4 is 0 Å². The molecule has 0 aliphatic carbocycles. The Kier molecular flexibility index (Phi) is 18.9. The van der Waals surface area contributed by atoms with Crippen molar-refractivity contribution >= 4 is 35.9 Å². The van der Waals surface area contributed by atoms with E-state index in [1.54, 1.807) is 0 Å². The zero-order valence-corrected chi connectivity index (χ0v) is 34.3. The summed E-state index contributed by atoms with van der Waals surface area (Å²) in [6.07, 6.45) is 20.7. The van der Waals surface area contributed by atoms with Gasteiger partial charge in [-0.2, -0.15) is 0 Å². The summed E-state index contributed by atoms with van der Waals surface area (Å²) in [5, 5.41) is 2.20. The van der Waals surface area contributed by atoms with Crippen LogP contribution in [-0.4, -0.2) is 59.1 Å². The molecule has 0 saturated heterocycles. The molecule has 0 amide bonds.